The molecule has 3 aliphatic rings. The van der Waals surface area contributed by atoms with Gasteiger partial charge in [0.1, 0.15) is 12.1 Å². The van der Waals surface area contributed by atoms with E-state index in [1.165, 1.54) is 56.5 Å². The largest absolute Gasteiger partial charge is 0.365 e. The molecule has 1 N–H and O–H groups in total. The molecule has 4 nitrogen and oxygen atoms in total. The minimum Gasteiger partial charge on any atom is -0.365 e. The molecule has 0 bridgehead atoms. The fourth-order valence-corrected chi connectivity index (χ4v) is 4.07. The predicted molar refractivity (Wildman–Crippen MR) is 75.3 cm³/mol. The van der Waals surface area contributed by atoms with Crippen molar-refractivity contribution in [1.82, 2.24) is 14.9 Å². The van der Waals surface area contributed by atoms with E-state index in [0.717, 1.165) is 24.7 Å². The Kier molecular flexibility index (Phi) is 2.91. The Labute approximate surface area is 114 Å². The van der Waals surface area contributed by atoms with E-state index in [1.807, 2.05) is 0 Å². The van der Waals surface area contributed by atoms with E-state index >= 15 is 0 Å². The van der Waals surface area contributed by atoms with Crippen molar-refractivity contribution in [3.63, 3.8) is 0 Å². The van der Waals surface area contributed by atoms with Crippen LogP contribution in [-0.4, -0.2) is 40.0 Å². The zero-order chi connectivity index (χ0) is 12.7. The smallest absolute Gasteiger partial charge is 0.133 e. The second kappa shape index (κ2) is 4.75. The van der Waals surface area contributed by atoms with Gasteiger partial charge in [-0.05, 0) is 51.5 Å². The number of anilines is 1. The summed E-state index contributed by atoms with van der Waals surface area (Å²) in [5.74, 6) is 1.13. The molecule has 102 valence electrons. The normalized spacial score (nSPS) is 30.1. The molecule has 4 heteroatoms. The lowest BCUT2D eigenvalue weighted by atomic mass is 9.96. The number of nitrogens with one attached hydrogen (secondary N) is 1. The van der Waals surface area contributed by atoms with Crippen LogP contribution in [0.25, 0.3) is 0 Å². The van der Waals surface area contributed by atoms with Gasteiger partial charge in [0.2, 0.25) is 0 Å². The standard InChI is InChI=1S/C15H22N4/c1-2-5-12-11(4-1)15(17-10-16-12)18-13-7-9-19-8-3-6-14(13)19/h10,13-14H,1-9H2,(H,16,17,18). The van der Waals surface area contributed by atoms with E-state index in [0.29, 0.717) is 6.04 Å². The number of rotatable bonds is 2. The van der Waals surface area contributed by atoms with E-state index in [2.05, 4.69) is 20.2 Å². The molecule has 1 aromatic rings. The maximum absolute atomic E-state index is 4.53. The molecular formula is C15H22N4. The van der Waals surface area contributed by atoms with Gasteiger partial charge >= 0.3 is 0 Å². The van der Waals surface area contributed by atoms with E-state index in [-0.39, 0.29) is 0 Å². The third-order valence-electron chi connectivity index (χ3n) is 5.05. The lowest BCUT2D eigenvalue weighted by molar-refractivity contribution is 0.318. The molecular weight excluding hydrogens is 236 g/mol. The van der Waals surface area contributed by atoms with Gasteiger partial charge in [0.15, 0.2) is 0 Å². The van der Waals surface area contributed by atoms with Gasteiger partial charge in [-0.15, -0.1) is 0 Å². The highest BCUT2D eigenvalue weighted by atomic mass is 15.2. The Bertz CT molecular complexity index is 473. The Hall–Kier alpha value is -1.16. The first kappa shape index (κ1) is 11.6. The number of aryl methyl sites for hydroxylation is 1. The van der Waals surface area contributed by atoms with Gasteiger partial charge < -0.3 is 5.32 Å². The number of nitrogens with zero attached hydrogens (tertiary/aromatic N) is 3. The molecule has 2 atom stereocenters. The van der Waals surface area contributed by atoms with Gasteiger partial charge in [0, 0.05) is 29.9 Å². The molecule has 3 heterocycles. The number of aromatic nitrogens is 2. The summed E-state index contributed by atoms with van der Waals surface area (Å²) in [5.41, 5.74) is 2.68. The van der Waals surface area contributed by atoms with Crippen LogP contribution in [-0.2, 0) is 12.8 Å². The Morgan fingerprint density at radius 3 is 3.00 bits per heavy atom. The summed E-state index contributed by atoms with van der Waals surface area (Å²) in [7, 11) is 0. The maximum atomic E-state index is 4.53. The van der Waals surface area contributed by atoms with Crippen molar-refractivity contribution in [2.75, 3.05) is 18.4 Å². The van der Waals surface area contributed by atoms with Crippen LogP contribution in [0.4, 0.5) is 5.82 Å². The topological polar surface area (TPSA) is 41.1 Å². The second-order valence-electron chi connectivity index (χ2n) is 6.14. The molecule has 2 unspecified atom stereocenters. The number of hydrogen-bond acceptors (Lipinski definition) is 4. The molecule has 0 saturated carbocycles. The average molecular weight is 258 g/mol. The quantitative estimate of drug-likeness (QED) is 0.881. The van der Waals surface area contributed by atoms with E-state index in [1.54, 1.807) is 6.33 Å². The predicted octanol–water partition coefficient (Wildman–Crippen LogP) is 2.00. The summed E-state index contributed by atoms with van der Waals surface area (Å²) in [6.45, 7) is 2.56. The van der Waals surface area contributed by atoms with Gasteiger partial charge in [0.05, 0.1) is 0 Å². The van der Waals surface area contributed by atoms with Crippen molar-refractivity contribution in [3.8, 4) is 0 Å². The van der Waals surface area contributed by atoms with Crippen LogP contribution < -0.4 is 5.32 Å². The summed E-state index contributed by atoms with van der Waals surface area (Å²) in [5, 5.41) is 3.75. The highest BCUT2D eigenvalue weighted by Gasteiger charge is 2.37. The van der Waals surface area contributed by atoms with E-state index in [4.69, 9.17) is 0 Å². The third kappa shape index (κ3) is 2.02. The summed E-state index contributed by atoms with van der Waals surface area (Å²) >= 11 is 0. The highest BCUT2D eigenvalue weighted by Crippen LogP contribution is 2.31. The molecule has 2 aliphatic heterocycles. The zero-order valence-electron chi connectivity index (χ0n) is 11.4. The summed E-state index contributed by atoms with van der Waals surface area (Å²) in [4.78, 5) is 11.6. The molecule has 2 saturated heterocycles. The van der Waals surface area contributed by atoms with Crippen molar-refractivity contribution in [1.29, 1.82) is 0 Å². The van der Waals surface area contributed by atoms with Crippen LogP contribution in [0.5, 0.6) is 0 Å². The van der Waals surface area contributed by atoms with Crippen LogP contribution in [0.3, 0.4) is 0 Å². The highest BCUT2D eigenvalue weighted by molar-refractivity contribution is 5.48. The van der Waals surface area contributed by atoms with Gasteiger partial charge in [-0.25, -0.2) is 9.97 Å². The van der Waals surface area contributed by atoms with Crippen molar-refractivity contribution in [3.05, 3.63) is 17.6 Å². The molecule has 1 aliphatic carbocycles. The first-order valence-corrected chi connectivity index (χ1v) is 7.75. The maximum Gasteiger partial charge on any atom is 0.133 e. The first-order valence-electron chi connectivity index (χ1n) is 7.75. The van der Waals surface area contributed by atoms with Crippen LogP contribution in [0.2, 0.25) is 0 Å². The average Bonchev–Trinajstić information content (AvgIpc) is 3.04. The SMILES string of the molecule is c1nc2c(c(NC3CCN4CCCC34)n1)CCCC2. The first-order chi connectivity index (χ1) is 9.42. The molecule has 19 heavy (non-hydrogen) atoms. The lowest BCUT2D eigenvalue weighted by Crippen LogP contribution is -2.34. The molecule has 1 aromatic heterocycles. The number of hydrogen-bond donors (Lipinski definition) is 1. The van der Waals surface area contributed by atoms with Crippen molar-refractivity contribution in [2.24, 2.45) is 0 Å². The Balaban J connectivity index is 1.57. The third-order valence-corrected chi connectivity index (χ3v) is 5.05. The van der Waals surface area contributed by atoms with Crippen molar-refractivity contribution in [2.45, 2.75) is 57.0 Å². The van der Waals surface area contributed by atoms with E-state index < -0.39 is 0 Å². The lowest BCUT2D eigenvalue weighted by Gasteiger charge is -2.24. The Morgan fingerprint density at radius 1 is 1.05 bits per heavy atom. The fourth-order valence-electron chi connectivity index (χ4n) is 4.07. The molecule has 0 aromatic carbocycles. The molecule has 2 fully saturated rings. The molecule has 0 spiro atoms. The summed E-state index contributed by atoms with van der Waals surface area (Å²) in [6, 6.07) is 1.35. The molecule has 0 amide bonds. The molecule has 4 rings (SSSR count). The van der Waals surface area contributed by atoms with Crippen molar-refractivity contribution < 1.29 is 0 Å². The summed E-state index contributed by atoms with van der Waals surface area (Å²) < 4.78 is 0. The van der Waals surface area contributed by atoms with E-state index in [9.17, 15) is 0 Å². The van der Waals surface area contributed by atoms with Crippen molar-refractivity contribution >= 4 is 5.82 Å². The van der Waals surface area contributed by atoms with Gasteiger partial charge in [0.25, 0.3) is 0 Å². The zero-order valence-corrected chi connectivity index (χ0v) is 11.4. The van der Waals surface area contributed by atoms with Gasteiger partial charge in [-0.1, -0.05) is 0 Å². The second-order valence-corrected chi connectivity index (χ2v) is 6.14. The van der Waals surface area contributed by atoms with Gasteiger partial charge in [-0.3, -0.25) is 4.90 Å². The van der Waals surface area contributed by atoms with Crippen LogP contribution >= 0.6 is 0 Å². The fraction of sp³-hybridized carbons (Fsp3) is 0.733. The minimum atomic E-state index is 0.600. The van der Waals surface area contributed by atoms with Crippen LogP contribution in [0.15, 0.2) is 6.33 Å². The van der Waals surface area contributed by atoms with Crippen LogP contribution in [0.1, 0.15) is 43.4 Å². The molecule has 0 radical (unpaired) electrons. The number of fused-ring (bicyclic) bond motifs is 2. The summed E-state index contributed by atoms with van der Waals surface area (Å²) in [6.07, 6.45) is 10.6. The van der Waals surface area contributed by atoms with Gasteiger partial charge in [-0.2, -0.15) is 0 Å². The minimum absolute atomic E-state index is 0.600. The monoisotopic (exact) mass is 258 g/mol. The van der Waals surface area contributed by atoms with Crippen LogP contribution in [0, 0.1) is 0 Å². The Morgan fingerprint density at radius 2 is 2.00 bits per heavy atom.